The second-order valence-corrected chi connectivity index (χ2v) is 22.0. The van der Waals surface area contributed by atoms with Crippen molar-refractivity contribution in [1.29, 1.82) is 0 Å². The second kappa shape index (κ2) is 32.6. The Morgan fingerprint density at radius 1 is 0.372 bits per heavy atom. The number of fused-ring (bicyclic) bond motifs is 6. The molecule has 0 fully saturated rings. The van der Waals surface area contributed by atoms with Crippen molar-refractivity contribution in [2.45, 2.75) is 81.1 Å². The molecule has 10 aromatic rings. The van der Waals surface area contributed by atoms with Crippen molar-refractivity contribution in [3.63, 3.8) is 0 Å². The van der Waals surface area contributed by atoms with Gasteiger partial charge >= 0.3 is 198 Å². The van der Waals surface area contributed by atoms with E-state index in [2.05, 4.69) is 298 Å². The van der Waals surface area contributed by atoms with Crippen LogP contribution in [0.25, 0.3) is 43.1 Å². The predicted molar refractivity (Wildman–Crippen MR) is 325 cm³/mol. The average molecular weight is 1210 g/mol. The van der Waals surface area contributed by atoms with E-state index in [0.717, 1.165) is 25.7 Å². The third-order valence-electron chi connectivity index (χ3n) is 13.7. The fraction of sp³-hybridized carbons (Fsp3) is 0.189. The van der Waals surface area contributed by atoms with Crippen molar-refractivity contribution in [3.8, 4) is 0 Å². The van der Waals surface area contributed by atoms with Gasteiger partial charge in [0, 0.05) is 0 Å². The van der Waals surface area contributed by atoms with E-state index in [9.17, 15) is 0 Å². The summed E-state index contributed by atoms with van der Waals surface area (Å²) in [5.74, 6) is 1.11. The van der Waals surface area contributed by atoms with Gasteiger partial charge in [0.25, 0.3) is 0 Å². The van der Waals surface area contributed by atoms with Crippen LogP contribution in [0.15, 0.2) is 242 Å². The normalized spacial score (nSPS) is 13.6. The summed E-state index contributed by atoms with van der Waals surface area (Å²) in [7, 11) is 0. The quantitative estimate of drug-likeness (QED) is 0.133. The number of hydrogen-bond acceptors (Lipinski definition) is 0. The van der Waals surface area contributed by atoms with E-state index < -0.39 is 0 Å². The molecule has 0 heterocycles. The zero-order valence-electron chi connectivity index (χ0n) is 46.7. The van der Waals surface area contributed by atoms with Crippen LogP contribution in [-0.4, -0.2) is 6.41 Å². The maximum absolute atomic E-state index is 3.22. The van der Waals surface area contributed by atoms with Gasteiger partial charge in [0.2, 0.25) is 0 Å². The zero-order chi connectivity index (χ0) is 53.8. The second-order valence-electron chi connectivity index (χ2n) is 19.6. The molecule has 4 heteroatoms. The first-order valence-corrected chi connectivity index (χ1v) is 29.6. The average Bonchev–Trinajstić information content (AvgIpc) is 4.28. The van der Waals surface area contributed by atoms with Gasteiger partial charge in [-0.3, -0.25) is 12.2 Å². The van der Waals surface area contributed by atoms with Crippen LogP contribution in [0.5, 0.6) is 0 Å². The van der Waals surface area contributed by atoms with E-state index in [4.69, 9.17) is 0 Å². The zero-order valence-corrected chi connectivity index (χ0v) is 53.1. The molecule has 10 aromatic carbocycles. The number of allylic oxidation sites excluding steroid dienone is 8. The Hall–Kier alpha value is -5.45. The number of benzene rings is 8. The first kappa shape index (κ1) is 63.4. The molecule has 0 saturated heterocycles. The van der Waals surface area contributed by atoms with Crippen LogP contribution >= 0.6 is 0 Å². The Bertz CT molecular complexity index is 3150. The minimum atomic E-state index is 0. The molecular weight excluding hydrogens is 1140 g/mol. The van der Waals surface area contributed by atoms with Crippen molar-refractivity contribution in [3.05, 3.63) is 298 Å². The molecule has 0 N–H and O–H groups in total. The van der Waals surface area contributed by atoms with Crippen molar-refractivity contribution >= 4 is 49.5 Å². The molecule has 392 valence electrons. The Morgan fingerprint density at radius 3 is 0.769 bits per heavy atom. The van der Waals surface area contributed by atoms with E-state index in [-0.39, 0.29) is 24.8 Å². The van der Waals surface area contributed by atoms with E-state index in [1.54, 1.807) is 0 Å². The van der Waals surface area contributed by atoms with Gasteiger partial charge in [-0.05, 0) is 25.7 Å². The summed E-state index contributed by atoms with van der Waals surface area (Å²) < 4.78 is 2.83. The predicted octanol–water partition coefficient (Wildman–Crippen LogP) is 13.2. The van der Waals surface area contributed by atoms with Gasteiger partial charge in [0.15, 0.2) is 0 Å². The summed E-state index contributed by atoms with van der Waals surface area (Å²) in [6, 6.07) is 74.2. The third kappa shape index (κ3) is 18.3. The Kier molecular flexibility index (Phi) is 26.5. The molecule has 2 unspecified atom stereocenters. The molecule has 78 heavy (non-hydrogen) atoms. The molecule has 0 amide bonds. The molecule has 2 aliphatic carbocycles. The standard InChI is InChI=1S/2C17H17.2C13H10.2C7H9.2ClH.2Zr/c2*1-3-12-5-7-16-14(9-12)11-15-10-13(4-2)6-8-17(15)16;2*1-3-7-12(8-4-1)11-13-9-5-2-6-10-13;2*1-6-3-4-7(2)5-6;;;;/h2*5-11H,3-4H2,1-2H3;2*1-10H;2*3-4,6H,1-2H3;2*1H;;/q2*-1;;;2*-1;;;2*+2/p-2. The molecule has 0 nitrogen and oxygen atoms in total. The van der Waals surface area contributed by atoms with E-state index in [1.165, 1.54) is 154 Å². The van der Waals surface area contributed by atoms with Crippen LogP contribution < -0.4 is 24.8 Å². The maximum atomic E-state index is 3.22. The molecule has 0 saturated carbocycles. The SMILES string of the molecule is CC1=[C-]C(C)C=C1.CC1=[C-]C(C)C=C1.CCc1ccc2c(c1)[cH-]c1cc(CC)ccc12.CCc1ccc2c(c1)[cH-]c1cc(CC)ccc12.[Cl-].[Cl-].[Zr+2]=[C](c1ccccc1)c1ccccc1.[Zr+2]=[C](c1ccccc1)c1ccccc1. The number of rotatable bonds is 8. The van der Waals surface area contributed by atoms with Crippen molar-refractivity contribution < 1.29 is 73.3 Å². The molecule has 0 aromatic heterocycles. The summed E-state index contributed by atoms with van der Waals surface area (Å²) in [5, 5.41) is 11.1. The number of halogens is 2. The summed E-state index contributed by atoms with van der Waals surface area (Å²) in [5.41, 5.74) is 13.5. The summed E-state index contributed by atoms with van der Waals surface area (Å²) >= 11 is 2.92. The van der Waals surface area contributed by atoms with Crippen molar-refractivity contribution in [2.24, 2.45) is 11.8 Å². The summed E-state index contributed by atoms with van der Waals surface area (Å²) in [6.45, 7) is 17.2. The summed E-state index contributed by atoms with van der Waals surface area (Å²) in [6.07, 6.45) is 19.4. The van der Waals surface area contributed by atoms with Gasteiger partial charge in [0.1, 0.15) is 0 Å². The van der Waals surface area contributed by atoms with Crippen LogP contribution in [0.4, 0.5) is 0 Å². The monoisotopic (exact) mass is 1210 g/mol. The van der Waals surface area contributed by atoms with Crippen LogP contribution in [0.2, 0.25) is 0 Å². The molecule has 0 radical (unpaired) electrons. The fourth-order valence-corrected chi connectivity index (χ4v) is 11.0. The van der Waals surface area contributed by atoms with E-state index >= 15 is 0 Å². The molecule has 0 aliphatic heterocycles. The summed E-state index contributed by atoms with van der Waals surface area (Å²) in [4.78, 5) is 0. The van der Waals surface area contributed by atoms with Gasteiger partial charge < -0.3 is 24.8 Å². The van der Waals surface area contributed by atoms with Gasteiger partial charge in [-0.25, -0.2) is 23.3 Å². The van der Waals surface area contributed by atoms with Crippen LogP contribution in [0, 0.1) is 24.0 Å². The fourth-order valence-electron chi connectivity index (χ4n) is 9.36. The van der Waals surface area contributed by atoms with E-state index in [1.807, 2.05) is 0 Å². The minimum absolute atomic E-state index is 0. The van der Waals surface area contributed by atoms with Gasteiger partial charge in [0.05, 0.1) is 0 Å². The Balaban J connectivity index is 0.000000176. The molecule has 2 aliphatic rings. The first-order valence-electron chi connectivity index (χ1n) is 27.1. The van der Waals surface area contributed by atoms with Crippen LogP contribution in [-0.2, 0) is 74.2 Å². The van der Waals surface area contributed by atoms with Crippen LogP contribution in [0.1, 0.15) is 99.9 Å². The van der Waals surface area contributed by atoms with E-state index in [0.29, 0.717) is 11.8 Å². The van der Waals surface area contributed by atoms with Crippen molar-refractivity contribution in [1.82, 2.24) is 0 Å². The first-order chi connectivity index (χ1) is 37.0. The van der Waals surface area contributed by atoms with Gasteiger partial charge in [-0.2, -0.15) is 12.2 Å². The molecule has 2 atom stereocenters. The Morgan fingerprint density at radius 2 is 0.603 bits per heavy atom. The third-order valence-corrected chi connectivity index (χ3v) is 16.6. The molecule has 0 spiro atoms. The Labute approximate surface area is 509 Å². The number of aryl methyl sites for hydroxylation is 4. The van der Waals surface area contributed by atoms with Crippen LogP contribution in [0.3, 0.4) is 0 Å². The topological polar surface area (TPSA) is 0 Å². The van der Waals surface area contributed by atoms with Gasteiger partial charge in [-0.15, -0.1) is 79.5 Å². The molecule has 12 rings (SSSR count). The number of hydrogen-bond donors (Lipinski definition) is 0. The molecule has 0 bridgehead atoms. The van der Waals surface area contributed by atoms with Crippen molar-refractivity contribution in [2.75, 3.05) is 0 Å². The van der Waals surface area contributed by atoms with Gasteiger partial charge in [-0.1, -0.05) is 138 Å². The molecular formula is C74H72Cl2Zr2-2.